The summed E-state index contributed by atoms with van der Waals surface area (Å²) in [5.41, 5.74) is 4.93. The molecule has 106 valence electrons. The molecule has 1 N–H and O–H groups in total. The zero-order valence-electron chi connectivity index (χ0n) is 11.7. The number of unbranched alkanes of at least 4 members (excludes halogenated alkanes) is 1. The third kappa shape index (κ3) is 5.37. The molecule has 0 aromatic heterocycles. The number of hydrazone groups is 1. The van der Waals surface area contributed by atoms with Crippen LogP contribution in [0.1, 0.15) is 18.4 Å². The second kappa shape index (κ2) is 8.39. The smallest absolute Gasteiger partial charge is 0.119 e. The monoisotopic (exact) mass is 279 g/mol. The fraction of sp³-hybridized carbons (Fsp3) is 0.176. The maximum Gasteiger partial charge on any atom is 0.119 e. The molecule has 0 spiro atoms. The Morgan fingerprint density at radius 3 is 2.57 bits per heavy atom. The minimum Gasteiger partial charge on any atom is -0.489 e. The maximum absolute atomic E-state index is 8.40. The number of nitriles is 1. The summed E-state index contributed by atoms with van der Waals surface area (Å²) in [6, 6.07) is 19.7. The lowest BCUT2D eigenvalue weighted by Gasteiger charge is -2.07. The first-order chi connectivity index (χ1) is 10.4. The van der Waals surface area contributed by atoms with Crippen LogP contribution < -0.4 is 10.2 Å². The quantitative estimate of drug-likeness (QED) is 0.474. The first-order valence-corrected chi connectivity index (χ1v) is 6.80. The summed E-state index contributed by atoms with van der Waals surface area (Å²) in [6.07, 6.45) is 2.84. The highest BCUT2D eigenvalue weighted by Gasteiger charge is 1.96. The Morgan fingerprint density at radius 2 is 1.86 bits per heavy atom. The molecule has 2 aromatic rings. The van der Waals surface area contributed by atoms with Crippen LogP contribution in [0, 0.1) is 11.3 Å². The van der Waals surface area contributed by atoms with Crippen molar-refractivity contribution in [2.24, 2.45) is 5.10 Å². The third-order valence-electron chi connectivity index (χ3n) is 2.77. The van der Waals surface area contributed by atoms with Crippen LogP contribution in [0.3, 0.4) is 0 Å². The van der Waals surface area contributed by atoms with Crippen molar-refractivity contribution in [3.63, 3.8) is 0 Å². The summed E-state index contributed by atoms with van der Waals surface area (Å²) in [6.45, 7) is 0.555. The number of anilines is 1. The van der Waals surface area contributed by atoms with Crippen LogP contribution in [-0.2, 0) is 6.61 Å². The lowest BCUT2D eigenvalue weighted by Crippen LogP contribution is -1.95. The topological polar surface area (TPSA) is 57.4 Å². The predicted octanol–water partition coefficient (Wildman–Crippen LogP) is 3.97. The average Bonchev–Trinajstić information content (AvgIpc) is 2.55. The standard InChI is InChI=1S/C17H17N3O/c18-12-4-5-13-19-20-16-8-10-17(11-9-16)21-14-15-6-2-1-3-7-15/h1-3,6-11,13,20H,4-5,14H2. The third-order valence-corrected chi connectivity index (χ3v) is 2.77. The van der Waals surface area contributed by atoms with Gasteiger partial charge in [-0.3, -0.25) is 5.43 Å². The van der Waals surface area contributed by atoms with Gasteiger partial charge in [0.15, 0.2) is 0 Å². The molecule has 0 radical (unpaired) electrons. The number of ether oxygens (including phenoxy) is 1. The van der Waals surface area contributed by atoms with Crippen LogP contribution in [0.5, 0.6) is 5.75 Å². The molecule has 0 atom stereocenters. The van der Waals surface area contributed by atoms with Crippen LogP contribution >= 0.6 is 0 Å². The zero-order chi connectivity index (χ0) is 14.8. The molecule has 0 heterocycles. The van der Waals surface area contributed by atoms with E-state index in [2.05, 4.69) is 16.6 Å². The molecule has 0 aliphatic rings. The van der Waals surface area contributed by atoms with Crippen LogP contribution in [0.2, 0.25) is 0 Å². The van der Waals surface area contributed by atoms with Gasteiger partial charge in [-0.15, -0.1) is 0 Å². The molecular formula is C17H17N3O. The van der Waals surface area contributed by atoms with E-state index in [0.717, 1.165) is 17.0 Å². The van der Waals surface area contributed by atoms with E-state index in [-0.39, 0.29) is 0 Å². The van der Waals surface area contributed by atoms with Gasteiger partial charge in [-0.1, -0.05) is 30.3 Å². The molecule has 0 aliphatic heterocycles. The number of hydrogen-bond acceptors (Lipinski definition) is 4. The minimum absolute atomic E-state index is 0.484. The average molecular weight is 279 g/mol. The largest absolute Gasteiger partial charge is 0.489 e. The molecule has 0 bridgehead atoms. The van der Waals surface area contributed by atoms with Crippen molar-refractivity contribution in [1.82, 2.24) is 0 Å². The van der Waals surface area contributed by atoms with E-state index in [4.69, 9.17) is 10.00 Å². The van der Waals surface area contributed by atoms with Crippen molar-refractivity contribution in [2.45, 2.75) is 19.4 Å². The van der Waals surface area contributed by atoms with Gasteiger partial charge in [0, 0.05) is 12.6 Å². The molecule has 0 saturated carbocycles. The summed E-state index contributed by atoms with van der Waals surface area (Å²) >= 11 is 0. The van der Waals surface area contributed by atoms with Gasteiger partial charge < -0.3 is 4.74 Å². The Morgan fingerprint density at radius 1 is 1.10 bits per heavy atom. The summed E-state index contributed by atoms with van der Waals surface area (Å²) in [4.78, 5) is 0. The summed E-state index contributed by atoms with van der Waals surface area (Å²) in [5, 5.41) is 12.4. The molecule has 4 nitrogen and oxygen atoms in total. The second-order valence-corrected chi connectivity index (χ2v) is 4.42. The number of benzene rings is 2. The van der Waals surface area contributed by atoms with Gasteiger partial charge in [0.1, 0.15) is 12.4 Å². The molecule has 21 heavy (non-hydrogen) atoms. The van der Waals surface area contributed by atoms with E-state index in [0.29, 0.717) is 19.4 Å². The van der Waals surface area contributed by atoms with Crippen molar-refractivity contribution in [2.75, 3.05) is 5.43 Å². The second-order valence-electron chi connectivity index (χ2n) is 4.42. The van der Waals surface area contributed by atoms with E-state index >= 15 is 0 Å². The molecule has 2 rings (SSSR count). The van der Waals surface area contributed by atoms with Crippen molar-refractivity contribution >= 4 is 11.9 Å². The van der Waals surface area contributed by atoms with E-state index in [1.807, 2.05) is 54.6 Å². The lowest BCUT2D eigenvalue weighted by molar-refractivity contribution is 0.306. The molecule has 0 saturated heterocycles. The first-order valence-electron chi connectivity index (χ1n) is 6.80. The van der Waals surface area contributed by atoms with Gasteiger partial charge in [-0.25, -0.2) is 0 Å². The molecule has 2 aromatic carbocycles. The van der Waals surface area contributed by atoms with E-state index in [1.54, 1.807) is 6.21 Å². The van der Waals surface area contributed by atoms with Crippen LogP contribution in [0.25, 0.3) is 0 Å². The Labute approximate surface area is 124 Å². The number of hydrogen-bond donors (Lipinski definition) is 1. The van der Waals surface area contributed by atoms with Crippen molar-refractivity contribution in [3.05, 3.63) is 60.2 Å². The number of rotatable bonds is 7. The van der Waals surface area contributed by atoms with Gasteiger partial charge in [0.2, 0.25) is 0 Å². The highest BCUT2D eigenvalue weighted by molar-refractivity contribution is 5.59. The van der Waals surface area contributed by atoms with Crippen LogP contribution in [0.4, 0.5) is 5.69 Å². The fourth-order valence-corrected chi connectivity index (χ4v) is 1.68. The Hall–Kier alpha value is -2.80. The van der Waals surface area contributed by atoms with Gasteiger partial charge in [-0.2, -0.15) is 10.4 Å². The Bertz CT molecular complexity index is 600. The van der Waals surface area contributed by atoms with E-state index in [1.165, 1.54) is 0 Å². The van der Waals surface area contributed by atoms with Crippen molar-refractivity contribution < 1.29 is 4.74 Å². The molecule has 4 heteroatoms. The Kier molecular flexibility index (Phi) is 5.83. The fourth-order valence-electron chi connectivity index (χ4n) is 1.68. The van der Waals surface area contributed by atoms with Crippen LogP contribution in [-0.4, -0.2) is 6.21 Å². The highest BCUT2D eigenvalue weighted by atomic mass is 16.5. The summed E-state index contributed by atoms with van der Waals surface area (Å²) in [7, 11) is 0. The SMILES string of the molecule is N#CCCC=NNc1ccc(OCc2ccccc2)cc1. The van der Waals surface area contributed by atoms with E-state index in [9.17, 15) is 0 Å². The minimum atomic E-state index is 0.484. The van der Waals surface area contributed by atoms with Crippen LogP contribution in [0.15, 0.2) is 59.7 Å². The van der Waals surface area contributed by atoms with Gasteiger partial charge >= 0.3 is 0 Å². The molecule has 0 fully saturated rings. The molecule has 0 aliphatic carbocycles. The highest BCUT2D eigenvalue weighted by Crippen LogP contribution is 2.17. The normalized spacial score (nSPS) is 10.2. The Balaban J connectivity index is 1.79. The lowest BCUT2D eigenvalue weighted by atomic mass is 10.2. The number of nitrogens with one attached hydrogen (secondary N) is 1. The zero-order valence-corrected chi connectivity index (χ0v) is 11.7. The summed E-state index contributed by atoms with van der Waals surface area (Å²) in [5.74, 6) is 0.817. The van der Waals surface area contributed by atoms with Crippen molar-refractivity contribution in [3.8, 4) is 11.8 Å². The first kappa shape index (κ1) is 14.6. The van der Waals surface area contributed by atoms with E-state index < -0.39 is 0 Å². The predicted molar refractivity (Wildman–Crippen MR) is 84.2 cm³/mol. The van der Waals surface area contributed by atoms with Gasteiger partial charge in [-0.05, 0) is 36.2 Å². The van der Waals surface area contributed by atoms with Crippen molar-refractivity contribution in [1.29, 1.82) is 5.26 Å². The number of nitrogens with zero attached hydrogens (tertiary/aromatic N) is 2. The molecule has 0 amide bonds. The maximum atomic E-state index is 8.40. The molecule has 0 unspecified atom stereocenters. The summed E-state index contributed by atoms with van der Waals surface area (Å²) < 4.78 is 5.70. The van der Waals surface area contributed by atoms with Gasteiger partial charge in [0.25, 0.3) is 0 Å². The molecular weight excluding hydrogens is 262 g/mol. The van der Waals surface area contributed by atoms with Gasteiger partial charge in [0.05, 0.1) is 11.8 Å².